The SMILES string of the molecule is NC(=O)[C@H](CCCCNC(=O)CCCS(=O)(=O)NC(=O)CCCCCCCCCCCCCCCC1=NN=NC1)CC(=O)CCc1cnc[nH]1. The van der Waals surface area contributed by atoms with Gasteiger partial charge in [-0.05, 0) is 50.2 Å². The Hall–Kier alpha value is -3.49. The number of H-pyrrole nitrogens is 1. The summed E-state index contributed by atoms with van der Waals surface area (Å²) in [4.78, 5) is 55.2. The summed E-state index contributed by atoms with van der Waals surface area (Å²) in [6.45, 7) is 1.05. The number of rotatable bonds is 32. The number of carbonyl (C=O) groups excluding carboxylic acids is 4. The first-order valence-corrected chi connectivity index (χ1v) is 20.3. The van der Waals surface area contributed by atoms with E-state index in [0.29, 0.717) is 51.6 Å². The summed E-state index contributed by atoms with van der Waals surface area (Å²) in [7, 11) is -3.79. The molecular formula is C35H60N8O6S. The van der Waals surface area contributed by atoms with Gasteiger partial charge in [-0.1, -0.05) is 77.0 Å². The minimum absolute atomic E-state index is 0.0232. The van der Waals surface area contributed by atoms with Gasteiger partial charge in [-0.25, -0.2) is 13.4 Å². The minimum atomic E-state index is -3.79. The number of imidazole rings is 1. The highest BCUT2D eigenvalue weighted by atomic mass is 32.2. The monoisotopic (exact) mass is 720 g/mol. The molecule has 5 N–H and O–H groups in total. The molecule has 0 radical (unpaired) electrons. The van der Waals surface area contributed by atoms with Crippen molar-refractivity contribution in [1.82, 2.24) is 20.0 Å². The van der Waals surface area contributed by atoms with E-state index in [1.165, 1.54) is 57.8 Å². The van der Waals surface area contributed by atoms with Gasteiger partial charge in [0.1, 0.15) is 12.3 Å². The van der Waals surface area contributed by atoms with Crippen molar-refractivity contribution in [3.05, 3.63) is 18.2 Å². The molecule has 0 aromatic carbocycles. The lowest BCUT2D eigenvalue weighted by molar-refractivity contribution is -0.127. The summed E-state index contributed by atoms with van der Waals surface area (Å²) in [5.74, 6) is -2.17. The third-order valence-electron chi connectivity index (χ3n) is 8.86. The molecule has 1 aliphatic heterocycles. The number of nitrogens with zero attached hydrogens (tertiary/aromatic N) is 4. The van der Waals surface area contributed by atoms with Gasteiger partial charge in [-0.15, -0.1) is 5.10 Å². The van der Waals surface area contributed by atoms with E-state index in [1.807, 2.05) is 0 Å². The molecule has 1 aromatic rings. The Kier molecular flexibility index (Phi) is 22.5. The van der Waals surface area contributed by atoms with Crippen LogP contribution in [0.1, 0.15) is 147 Å². The van der Waals surface area contributed by atoms with Crippen LogP contribution in [0.3, 0.4) is 0 Å². The Morgan fingerprint density at radius 1 is 0.780 bits per heavy atom. The second-order valence-electron chi connectivity index (χ2n) is 13.4. The van der Waals surface area contributed by atoms with Crippen LogP contribution in [0, 0.1) is 5.92 Å². The van der Waals surface area contributed by atoms with Crippen molar-refractivity contribution < 1.29 is 27.6 Å². The minimum Gasteiger partial charge on any atom is -0.369 e. The first-order chi connectivity index (χ1) is 24.1. The molecule has 0 bridgehead atoms. The Balaban J connectivity index is 1.37. The number of aromatic amines is 1. The van der Waals surface area contributed by atoms with Crippen LogP contribution in [0.25, 0.3) is 0 Å². The number of unbranched alkanes of at least 4 members (excludes halogenated alkanes) is 13. The van der Waals surface area contributed by atoms with E-state index in [4.69, 9.17) is 5.73 Å². The lowest BCUT2D eigenvalue weighted by Gasteiger charge is -2.12. The topological polar surface area (TPSA) is 218 Å². The maximum absolute atomic E-state index is 12.3. The number of Topliss-reactive ketones (excluding diaryl/α,β-unsaturated/α-hetero) is 1. The third-order valence-corrected chi connectivity index (χ3v) is 10.2. The number of sulfonamides is 1. The molecular weight excluding hydrogens is 661 g/mol. The molecule has 3 amide bonds. The van der Waals surface area contributed by atoms with E-state index in [2.05, 4.69) is 35.4 Å². The molecule has 1 aliphatic rings. The number of carbonyl (C=O) groups is 4. The van der Waals surface area contributed by atoms with Gasteiger partial charge in [0.05, 0.1) is 17.8 Å². The smallest absolute Gasteiger partial charge is 0.234 e. The molecule has 0 spiro atoms. The molecule has 0 aliphatic carbocycles. The molecule has 0 unspecified atom stereocenters. The normalized spacial score (nSPS) is 13.2. The van der Waals surface area contributed by atoms with E-state index < -0.39 is 27.8 Å². The first-order valence-electron chi connectivity index (χ1n) is 18.6. The molecule has 0 fully saturated rings. The second kappa shape index (κ2) is 26.3. The third kappa shape index (κ3) is 22.3. The van der Waals surface area contributed by atoms with Crippen LogP contribution in [-0.2, 0) is 35.6 Å². The number of primary amides is 1. The summed E-state index contributed by atoms with van der Waals surface area (Å²) < 4.78 is 26.7. The Morgan fingerprint density at radius 3 is 2.02 bits per heavy atom. The van der Waals surface area contributed by atoms with Crippen molar-refractivity contribution >= 4 is 39.2 Å². The Morgan fingerprint density at radius 2 is 1.42 bits per heavy atom. The van der Waals surface area contributed by atoms with Crippen molar-refractivity contribution in [3.8, 4) is 0 Å². The van der Waals surface area contributed by atoms with E-state index in [1.54, 1.807) is 12.5 Å². The molecule has 2 rings (SSSR count). The van der Waals surface area contributed by atoms with Gasteiger partial charge < -0.3 is 16.0 Å². The maximum atomic E-state index is 12.3. The van der Waals surface area contributed by atoms with E-state index >= 15 is 0 Å². The number of aromatic nitrogens is 2. The molecule has 1 aromatic heterocycles. The second-order valence-corrected chi connectivity index (χ2v) is 15.2. The summed E-state index contributed by atoms with van der Waals surface area (Å²) in [6, 6.07) is 0. The molecule has 15 heteroatoms. The molecule has 2 heterocycles. The summed E-state index contributed by atoms with van der Waals surface area (Å²) >= 11 is 0. The van der Waals surface area contributed by atoms with E-state index in [-0.39, 0.29) is 43.1 Å². The van der Waals surface area contributed by atoms with Crippen LogP contribution in [0.5, 0.6) is 0 Å². The molecule has 1 atom stereocenters. The predicted molar refractivity (Wildman–Crippen MR) is 194 cm³/mol. The molecule has 282 valence electrons. The number of hydrogen-bond acceptors (Lipinski definition) is 10. The van der Waals surface area contributed by atoms with Gasteiger partial charge in [0.25, 0.3) is 0 Å². The predicted octanol–water partition coefficient (Wildman–Crippen LogP) is 5.59. The van der Waals surface area contributed by atoms with Gasteiger partial charge in [0, 0.05) is 50.0 Å². The average Bonchev–Trinajstić information content (AvgIpc) is 3.79. The van der Waals surface area contributed by atoms with E-state index in [9.17, 15) is 27.6 Å². The first kappa shape index (κ1) is 42.7. The zero-order valence-electron chi connectivity index (χ0n) is 29.8. The molecule has 50 heavy (non-hydrogen) atoms. The van der Waals surface area contributed by atoms with Gasteiger partial charge in [0.15, 0.2) is 0 Å². The average molecular weight is 721 g/mol. The van der Waals surface area contributed by atoms with Crippen molar-refractivity contribution in [2.45, 2.75) is 148 Å². The van der Waals surface area contributed by atoms with Gasteiger partial charge in [-0.2, -0.15) is 5.11 Å². The summed E-state index contributed by atoms with van der Waals surface area (Å²) in [5, 5.41) is 14.3. The lowest BCUT2D eigenvalue weighted by Crippen LogP contribution is -2.33. The Bertz CT molecular complexity index is 1300. The van der Waals surface area contributed by atoms with Crippen LogP contribution < -0.4 is 15.8 Å². The van der Waals surface area contributed by atoms with Crippen molar-refractivity contribution in [1.29, 1.82) is 0 Å². The largest absolute Gasteiger partial charge is 0.369 e. The van der Waals surface area contributed by atoms with Crippen molar-refractivity contribution in [3.63, 3.8) is 0 Å². The fraction of sp³-hybridized carbons (Fsp3) is 0.771. The van der Waals surface area contributed by atoms with Crippen LogP contribution in [0.2, 0.25) is 0 Å². The molecule has 14 nitrogen and oxygen atoms in total. The highest BCUT2D eigenvalue weighted by Gasteiger charge is 2.19. The number of nitrogens with one attached hydrogen (secondary N) is 3. The standard InChI is InChI=1S/C35H60N8O6S/c36-35(47)29(25-32(44)22-21-30-26-37-28-39-30)17-14-15-23-38-33(45)20-16-24-50(48,49)42-34(46)19-13-11-9-7-5-3-1-2-4-6-8-10-12-18-31-27-40-43-41-31/h26,28-29H,1-25,27H2,(H2,36,47)(H,37,39)(H,38,45)(H,42,46)/t29-/m1/s1. The molecule has 0 saturated carbocycles. The van der Waals surface area contributed by atoms with Crippen LogP contribution in [0.4, 0.5) is 0 Å². The zero-order chi connectivity index (χ0) is 36.3. The number of ketones is 1. The summed E-state index contributed by atoms with van der Waals surface area (Å²) in [6.07, 6.45) is 22.1. The quantitative estimate of drug-likeness (QED) is 0.0691. The highest BCUT2D eigenvalue weighted by molar-refractivity contribution is 7.90. The number of hydrogen-bond donors (Lipinski definition) is 4. The van der Waals surface area contributed by atoms with Crippen molar-refractivity contribution in [2.75, 3.05) is 18.8 Å². The number of amides is 3. The number of nitrogens with two attached hydrogens (primary N) is 1. The van der Waals surface area contributed by atoms with Gasteiger partial charge in [-0.3, -0.25) is 23.9 Å². The maximum Gasteiger partial charge on any atom is 0.234 e. The van der Waals surface area contributed by atoms with Gasteiger partial charge >= 0.3 is 0 Å². The lowest BCUT2D eigenvalue weighted by atomic mass is 9.94. The fourth-order valence-electron chi connectivity index (χ4n) is 5.88. The zero-order valence-corrected chi connectivity index (χ0v) is 30.7. The van der Waals surface area contributed by atoms with Crippen LogP contribution in [-0.4, -0.2) is 66.4 Å². The fourth-order valence-corrected chi connectivity index (χ4v) is 6.95. The molecule has 0 saturated heterocycles. The van der Waals surface area contributed by atoms with Crippen molar-refractivity contribution in [2.24, 2.45) is 27.1 Å². The van der Waals surface area contributed by atoms with Crippen LogP contribution >= 0.6 is 0 Å². The Labute approximate surface area is 298 Å². The summed E-state index contributed by atoms with van der Waals surface area (Å²) in [5.41, 5.74) is 7.45. The highest BCUT2D eigenvalue weighted by Crippen LogP contribution is 2.16. The van der Waals surface area contributed by atoms with Gasteiger partial charge in [0.2, 0.25) is 27.7 Å². The number of aryl methyl sites for hydroxylation is 1. The van der Waals surface area contributed by atoms with Crippen LogP contribution in [0.15, 0.2) is 28.0 Å². The van der Waals surface area contributed by atoms with E-state index in [0.717, 1.165) is 37.1 Å².